The lowest BCUT2D eigenvalue weighted by Gasteiger charge is -2.25. The minimum absolute atomic E-state index is 0.0205. The minimum atomic E-state index is -0.844. The van der Waals surface area contributed by atoms with Crippen LogP contribution in [-0.2, 0) is 11.3 Å². The van der Waals surface area contributed by atoms with Crippen LogP contribution in [0.1, 0.15) is 52.4 Å². The Hall–Kier alpha value is -2.59. The maximum atomic E-state index is 13.7. The fourth-order valence-corrected chi connectivity index (χ4v) is 4.55. The van der Waals surface area contributed by atoms with Crippen LogP contribution in [0.3, 0.4) is 0 Å². The van der Waals surface area contributed by atoms with Crippen LogP contribution in [-0.4, -0.2) is 27.3 Å². The van der Waals surface area contributed by atoms with Gasteiger partial charge in [0, 0.05) is 40.5 Å². The number of benzene rings is 1. The van der Waals surface area contributed by atoms with Gasteiger partial charge in [-0.1, -0.05) is 36.9 Å². The molecule has 4 nitrogen and oxygen atoms in total. The van der Waals surface area contributed by atoms with Gasteiger partial charge >= 0.3 is 5.97 Å². The van der Waals surface area contributed by atoms with Crippen LogP contribution in [0.2, 0.25) is 0 Å². The number of alkyl halides is 1. The summed E-state index contributed by atoms with van der Waals surface area (Å²) in [6.45, 7) is 8.56. The van der Waals surface area contributed by atoms with Gasteiger partial charge in [0.05, 0.1) is 12.0 Å². The summed E-state index contributed by atoms with van der Waals surface area (Å²) in [5, 5.41) is 10.4. The number of carbonyl (C=O) groups is 2. The van der Waals surface area contributed by atoms with Crippen LogP contribution in [0, 0.1) is 13.8 Å². The van der Waals surface area contributed by atoms with Crippen LogP contribution >= 0.6 is 11.6 Å². The predicted octanol–water partition coefficient (Wildman–Crippen LogP) is 5.70. The number of halogens is 1. The number of carbonyl (C=O) groups excluding carboxylic acids is 1. The van der Waals surface area contributed by atoms with Gasteiger partial charge in [0.25, 0.3) is 0 Å². The van der Waals surface area contributed by atoms with Crippen molar-refractivity contribution in [2.45, 2.75) is 45.6 Å². The molecular formula is C24H26ClNO3. The van der Waals surface area contributed by atoms with E-state index >= 15 is 0 Å². The van der Waals surface area contributed by atoms with E-state index in [2.05, 4.69) is 23.3 Å². The van der Waals surface area contributed by atoms with Gasteiger partial charge in [0.1, 0.15) is 0 Å². The monoisotopic (exact) mass is 411 g/mol. The SMILES string of the molecule is C=C/C=C(\C=C/CCl)C(=O)c1c2n(c3cc(C)cc(C)c13)CCC[C@@H]2CC(=O)O. The first-order valence-electron chi connectivity index (χ1n) is 9.84. The largest absolute Gasteiger partial charge is 0.481 e. The summed E-state index contributed by atoms with van der Waals surface area (Å²) in [6.07, 6.45) is 8.39. The first kappa shape index (κ1) is 21.1. The predicted molar refractivity (Wildman–Crippen MR) is 118 cm³/mol. The van der Waals surface area contributed by atoms with Crippen molar-refractivity contribution in [1.29, 1.82) is 0 Å². The molecule has 1 N–H and O–H groups in total. The molecule has 1 aliphatic rings. The van der Waals surface area contributed by atoms with E-state index in [0.717, 1.165) is 47.1 Å². The second-order valence-electron chi connectivity index (χ2n) is 7.57. The van der Waals surface area contributed by atoms with Crippen LogP contribution in [0.15, 0.2) is 48.6 Å². The molecule has 2 aromatic rings. The molecule has 1 aromatic carbocycles. The smallest absolute Gasteiger partial charge is 0.304 e. The van der Waals surface area contributed by atoms with E-state index in [4.69, 9.17) is 11.6 Å². The number of aliphatic carboxylic acids is 1. The number of nitrogens with zero attached hydrogens (tertiary/aromatic N) is 1. The number of ketones is 1. The molecule has 152 valence electrons. The number of Topliss-reactive ketones (excluding diaryl/α,β-unsaturated/α-hetero) is 1. The van der Waals surface area contributed by atoms with E-state index < -0.39 is 5.97 Å². The zero-order valence-corrected chi connectivity index (χ0v) is 17.6. The third-order valence-electron chi connectivity index (χ3n) is 5.46. The number of allylic oxidation sites excluding steroid dienone is 5. The van der Waals surface area contributed by atoms with Gasteiger partial charge in [-0.25, -0.2) is 0 Å². The summed E-state index contributed by atoms with van der Waals surface area (Å²) in [5.74, 6) is -0.844. The first-order valence-corrected chi connectivity index (χ1v) is 10.4. The molecular weight excluding hydrogens is 386 g/mol. The van der Waals surface area contributed by atoms with Gasteiger partial charge in [-0.05, 0) is 43.9 Å². The Morgan fingerprint density at radius 1 is 1.34 bits per heavy atom. The Morgan fingerprint density at radius 3 is 2.76 bits per heavy atom. The number of carboxylic acid groups (broad SMARTS) is 1. The molecule has 0 radical (unpaired) electrons. The van der Waals surface area contributed by atoms with E-state index in [-0.39, 0.29) is 18.1 Å². The Bertz CT molecular complexity index is 1040. The van der Waals surface area contributed by atoms with Crippen molar-refractivity contribution in [1.82, 2.24) is 4.57 Å². The molecule has 3 rings (SSSR count). The Kier molecular flexibility index (Phi) is 6.43. The molecule has 0 amide bonds. The molecule has 29 heavy (non-hydrogen) atoms. The third-order valence-corrected chi connectivity index (χ3v) is 5.64. The van der Waals surface area contributed by atoms with Crippen LogP contribution < -0.4 is 0 Å². The van der Waals surface area contributed by atoms with Crippen LogP contribution in [0.4, 0.5) is 0 Å². The number of aryl methyl sites for hydroxylation is 3. The Labute approximate surface area is 176 Å². The topological polar surface area (TPSA) is 59.3 Å². The highest BCUT2D eigenvalue weighted by Crippen LogP contribution is 2.41. The van der Waals surface area contributed by atoms with Gasteiger partial charge in [0.15, 0.2) is 5.78 Å². The van der Waals surface area contributed by atoms with E-state index in [0.29, 0.717) is 17.0 Å². The molecule has 1 atom stereocenters. The molecule has 1 aliphatic heterocycles. The lowest BCUT2D eigenvalue weighted by atomic mass is 9.87. The molecule has 1 aromatic heterocycles. The zero-order chi connectivity index (χ0) is 21.1. The van der Waals surface area contributed by atoms with Crippen LogP contribution in [0.5, 0.6) is 0 Å². The fourth-order valence-electron chi connectivity index (χ4n) is 4.46. The summed E-state index contributed by atoms with van der Waals surface area (Å²) in [5.41, 5.74) is 5.13. The second kappa shape index (κ2) is 8.83. The lowest BCUT2D eigenvalue weighted by molar-refractivity contribution is -0.137. The van der Waals surface area contributed by atoms with Crippen molar-refractivity contribution in [2.75, 3.05) is 5.88 Å². The Morgan fingerprint density at radius 2 is 2.10 bits per heavy atom. The highest BCUT2D eigenvalue weighted by molar-refractivity contribution is 6.20. The van der Waals surface area contributed by atoms with E-state index in [1.54, 1.807) is 24.3 Å². The minimum Gasteiger partial charge on any atom is -0.481 e. The summed E-state index contributed by atoms with van der Waals surface area (Å²) < 4.78 is 2.16. The average molecular weight is 412 g/mol. The molecule has 0 aliphatic carbocycles. The molecule has 0 saturated heterocycles. The summed E-state index contributed by atoms with van der Waals surface area (Å²) in [7, 11) is 0. The highest BCUT2D eigenvalue weighted by Gasteiger charge is 2.33. The van der Waals surface area contributed by atoms with Crippen molar-refractivity contribution in [2.24, 2.45) is 0 Å². The average Bonchev–Trinajstić information content (AvgIpc) is 3.00. The van der Waals surface area contributed by atoms with Gasteiger partial charge in [-0.3, -0.25) is 9.59 Å². The third kappa shape index (κ3) is 4.08. The normalized spacial score (nSPS) is 16.9. The number of fused-ring (bicyclic) bond motifs is 3. The number of hydrogen-bond acceptors (Lipinski definition) is 2. The van der Waals surface area contributed by atoms with E-state index in [1.807, 2.05) is 13.8 Å². The maximum Gasteiger partial charge on any atom is 0.304 e. The summed E-state index contributed by atoms with van der Waals surface area (Å²) >= 11 is 5.79. The first-order chi connectivity index (χ1) is 13.9. The second-order valence-corrected chi connectivity index (χ2v) is 7.88. The van der Waals surface area contributed by atoms with Gasteiger partial charge in [-0.2, -0.15) is 0 Å². The zero-order valence-electron chi connectivity index (χ0n) is 16.9. The number of hydrogen-bond donors (Lipinski definition) is 1. The number of aromatic nitrogens is 1. The number of rotatable bonds is 7. The molecule has 5 heteroatoms. The van der Waals surface area contributed by atoms with Gasteiger partial charge in [0.2, 0.25) is 0 Å². The van der Waals surface area contributed by atoms with E-state index in [1.165, 1.54) is 0 Å². The molecule has 0 saturated carbocycles. The summed E-state index contributed by atoms with van der Waals surface area (Å²) in [6, 6.07) is 4.17. The van der Waals surface area contributed by atoms with Gasteiger partial charge < -0.3 is 9.67 Å². The lowest BCUT2D eigenvalue weighted by Crippen LogP contribution is -2.20. The van der Waals surface area contributed by atoms with E-state index in [9.17, 15) is 14.7 Å². The van der Waals surface area contributed by atoms with Crippen molar-refractivity contribution >= 4 is 34.3 Å². The molecule has 0 spiro atoms. The van der Waals surface area contributed by atoms with Crippen molar-refractivity contribution < 1.29 is 14.7 Å². The fraction of sp³-hybridized carbons (Fsp3) is 0.333. The van der Waals surface area contributed by atoms with Crippen molar-refractivity contribution in [3.05, 3.63) is 71.0 Å². The highest BCUT2D eigenvalue weighted by atomic mass is 35.5. The molecule has 2 heterocycles. The van der Waals surface area contributed by atoms with Crippen molar-refractivity contribution in [3.63, 3.8) is 0 Å². The quantitative estimate of drug-likeness (QED) is 0.275. The van der Waals surface area contributed by atoms with Crippen LogP contribution in [0.25, 0.3) is 10.9 Å². The Balaban J connectivity index is 2.34. The summed E-state index contributed by atoms with van der Waals surface area (Å²) in [4.78, 5) is 25.2. The number of carboxylic acids is 1. The molecule has 0 fully saturated rings. The van der Waals surface area contributed by atoms with Gasteiger partial charge in [-0.15, -0.1) is 11.6 Å². The molecule has 0 bridgehead atoms. The standard InChI is InChI=1S/C24H26ClNO3/c1-4-7-17(8-5-10-25)24(29)22-21-16(3)12-15(2)13-19(21)26-11-6-9-18(23(22)26)14-20(27)28/h4-5,7-8,12-13,18H,1,6,9-11,14H2,2-3H3,(H,27,28)/b8-5-,17-7+/t18-/m1/s1. The molecule has 0 unspecified atom stereocenters. The maximum absolute atomic E-state index is 13.7. The van der Waals surface area contributed by atoms with Crippen molar-refractivity contribution in [3.8, 4) is 0 Å².